The Hall–Kier alpha value is -1.39. The molecular weight excluding hydrogens is 268 g/mol. The summed E-state index contributed by atoms with van der Waals surface area (Å²) < 4.78 is 16.3. The summed E-state index contributed by atoms with van der Waals surface area (Å²) in [5, 5.41) is 0. The maximum Gasteiger partial charge on any atom is 0.166 e. The second-order valence-corrected chi connectivity index (χ2v) is 5.86. The Morgan fingerprint density at radius 1 is 1.14 bits per heavy atom. The van der Waals surface area contributed by atoms with Crippen molar-refractivity contribution in [3.63, 3.8) is 0 Å². The number of Topliss-reactive ketones (excluding diaryl/α,β-unsaturated/α-hetero) is 1. The minimum absolute atomic E-state index is 0.122. The largest absolute Gasteiger partial charge is 0.491 e. The third-order valence-electron chi connectivity index (χ3n) is 4.36. The van der Waals surface area contributed by atoms with E-state index in [4.69, 9.17) is 14.2 Å². The average molecular weight is 290 g/mol. The first-order valence-electron chi connectivity index (χ1n) is 7.67. The fourth-order valence-electron chi connectivity index (χ4n) is 3.27. The number of ketones is 1. The van der Waals surface area contributed by atoms with Crippen LogP contribution >= 0.6 is 0 Å². The Bertz CT molecular complexity index is 470. The van der Waals surface area contributed by atoms with Crippen LogP contribution in [0, 0.1) is 5.92 Å². The van der Waals surface area contributed by atoms with Gasteiger partial charge in [0.1, 0.15) is 12.4 Å². The third kappa shape index (κ3) is 3.44. The Morgan fingerprint density at radius 3 is 2.43 bits per heavy atom. The first-order valence-corrected chi connectivity index (χ1v) is 7.67. The van der Waals surface area contributed by atoms with Crippen LogP contribution in [0.1, 0.15) is 36.0 Å². The predicted octanol–water partition coefficient (Wildman–Crippen LogP) is 2.85. The lowest BCUT2D eigenvalue weighted by atomic mass is 9.88. The molecule has 0 aromatic heterocycles. The Balaban J connectivity index is 1.59. The van der Waals surface area contributed by atoms with Crippen molar-refractivity contribution in [2.75, 3.05) is 20.3 Å². The molecule has 21 heavy (non-hydrogen) atoms. The van der Waals surface area contributed by atoms with Gasteiger partial charge in [-0.3, -0.25) is 4.79 Å². The normalized spacial score (nSPS) is 27.6. The highest BCUT2D eigenvalue weighted by Gasteiger charge is 2.38. The number of fused-ring (bicyclic) bond motifs is 2. The predicted molar refractivity (Wildman–Crippen MR) is 78.8 cm³/mol. The van der Waals surface area contributed by atoms with Gasteiger partial charge in [-0.05, 0) is 49.9 Å². The van der Waals surface area contributed by atoms with Gasteiger partial charge in [0, 0.05) is 18.6 Å². The zero-order valence-electron chi connectivity index (χ0n) is 12.4. The lowest BCUT2D eigenvalue weighted by molar-refractivity contribution is -0.0149. The van der Waals surface area contributed by atoms with Crippen LogP contribution in [-0.4, -0.2) is 38.3 Å². The molecule has 0 N–H and O–H groups in total. The number of carbonyl (C=O) groups is 1. The highest BCUT2D eigenvalue weighted by atomic mass is 16.5. The molecule has 1 aromatic carbocycles. The van der Waals surface area contributed by atoms with E-state index in [-0.39, 0.29) is 11.7 Å². The summed E-state index contributed by atoms with van der Waals surface area (Å²) >= 11 is 0. The fourth-order valence-corrected chi connectivity index (χ4v) is 3.27. The van der Waals surface area contributed by atoms with Crippen LogP contribution < -0.4 is 4.74 Å². The molecule has 2 unspecified atom stereocenters. The number of rotatable bonds is 6. The maximum atomic E-state index is 12.6. The molecule has 2 bridgehead atoms. The summed E-state index contributed by atoms with van der Waals surface area (Å²) in [6.07, 6.45) is 4.58. The van der Waals surface area contributed by atoms with Crippen molar-refractivity contribution < 1.29 is 19.0 Å². The number of ether oxygens (including phenoxy) is 3. The van der Waals surface area contributed by atoms with E-state index in [0.29, 0.717) is 25.4 Å². The van der Waals surface area contributed by atoms with Gasteiger partial charge in [-0.25, -0.2) is 0 Å². The van der Waals surface area contributed by atoms with E-state index < -0.39 is 0 Å². The summed E-state index contributed by atoms with van der Waals surface area (Å²) in [4.78, 5) is 12.6. The van der Waals surface area contributed by atoms with Gasteiger partial charge in [0.15, 0.2) is 5.78 Å². The molecule has 3 rings (SSSR count). The first kappa shape index (κ1) is 14.5. The van der Waals surface area contributed by atoms with Gasteiger partial charge < -0.3 is 14.2 Å². The van der Waals surface area contributed by atoms with Crippen molar-refractivity contribution in [1.29, 1.82) is 0 Å². The third-order valence-corrected chi connectivity index (χ3v) is 4.36. The monoisotopic (exact) mass is 290 g/mol. The van der Waals surface area contributed by atoms with Crippen molar-refractivity contribution in [2.45, 2.75) is 37.9 Å². The number of hydrogen-bond acceptors (Lipinski definition) is 4. The van der Waals surface area contributed by atoms with E-state index >= 15 is 0 Å². The molecule has 2 saturated heterocycles. The summed E-state index contributed by atoms with van der Waals surface area (Å²) in [5.41, 5.74) is 0.778. The van der Waals surface area contributed by atoms with Gasteiger partial charge >= 0.3 is 0 Å². The highest BCUT2D eigenvalue weighted by molar-refractivity contribution is 5.98. The molecule has 1 aromatic rings. The van der Waals surface area contributed by atoms with E-state index in [1.54, 1.807) is 7.11 Å². The first-order chi connectivity index (χ1) is 10.3. The zero-order valence-corrected chi connectivity index (χ0v) is 12.4. The molecule has 2 atom stereocenters. The topological polar surface area (TPSA) is 44.8 Å². The summed E-state index contributed by atoms with van der Waals surface area (Å²) in [6.45, 7) is 1.08. The van der Waals surface area contributed by atoms with Crippen molar-refractivity contribution >= 4 is 5.78 Å². The number of benzene rings is 1. The molecule has 2 fully saturated rings. The maximum absolute atomic E-state index is 12.6. The minimum Gasteiger partial charge on any atom is -0.491 e. The number of methoxy groups -OCH3 is 1. The standard InChI is InChI=1S/C17H22O4/c1-19-8-9-20-14-4-2-12(3-5-14)17(18)13-10-15-6-7-16(11-13)21-15/h2-5,13,15-16H,6-11H2,1H3. The van der Waals surface area contributed by atoms with Gasteiger partial charge in [0.2, 0.25) is 0 Å². The van der Waals surface area contributed by atoms with Crippen LogP contribution in [0.4, 0.5) is 0 Å². The van der Waals surface area contributed by atoms with Crippen LogP contribution in [0.25, 0.3) is 0 Å². The van der Waals surface area contributed by atoms with Crippen LogP contribution in [-0.2, 0) is 9.47 Å². The molecule has 2 aliphatic heterocycles. The Labute approximate surface area is 125 Å². The van der Waals surface area contributed by atoms with Gasteiger partial charge in [0.25, 0.3) is 0 Å². The van der Waals surface area contributed by atoms with E-state index in [9.17, 15) is 4.79 Å². The van der Waals surface area contributed by atoms with E-state index in [0.717, 1.165) is 37.0 Å². The molecule has 0 spiro atoms. The van der Waals surface area contributed by atoms with Crippen molar-refractivity contribution in [3.05, 3.63) is 29.8 Å². The quantitative estimate of drug-likeness (QED) is 0.597. The van der Waals surface area contributed by atoms with Gasteiger partial charge in [-0.15, -0.1) is 0 Å². The van der Waals surface area contributed by atoms with Crippen molar-refractivity contribution in [2.24, 2.45) is 5.92 Å². The molecule has 4 heteroatoms. The molecule has 4 nitrogen and oxygen atoms in total. The van der Waals surface area contributed by atoms with Gasteiger partial charge in [-0.1, -0.05) is 0 Å². The molecule has 0 amide bonds. The van der Waals surface area contributed by atoms with Crippen molar-refractivity contribution in [1.82, 2.24) is 0 Å². The lowest BCUT2D eigenvalue weighted by Crippen LogP contribution is -2.30. The molecule has 0 saturated carbocycles. The Morgan fingerprint density at radius 2 is 1.81 bits per heavy atom. The van der Waals surface area contributed by atoms with Crippen molar-refractivity contribution in [3.8, 4) is 5.75 Å². The fraction of sp³-hybridized carbons (Fsp3) is 0.588. The second-order valence-electron chi connectivity index (χ2n) is 5.86. The lowest BCUT2D eigenvalue weighted by Gasteiger charge is -2.27. The zero-order chi connectivity index (χ0) is 14.7. The number of carbonyl (C=O) groups excluding carboxylic acids is 1. The molecule has 0 aliphatic carbocycles. The summed E-state index contributed by atoms with van der Waals surface area (Å²) in [6, 6.07) is 7.44. The van der Waals surface area contributed by atoms with E-state index in [2.05, 4.69) is 0 Å². The average Bonchev–Trinajstić information content (AvgIpc) is 2.86. The van der Waals surface area contributed by atoms with Crippen LogP contribution in [0.5, 0.6) is 5.75 Å². The van der Waals surface area contributed by atoms with Crippen LogP contribution in [0.15, 0.2) is 24.3 Å². The summed E-state index contributed by atoms with van der Waals surface area (Å²) in [5.74, 6) is 1.14. The van der Waals surface area contributed by atoms with Gasteiger partial charge in [0.05, 0.1) is 18.8 Å². The summed E-state index contributed by atoms with van der Waals surface area (Å²) in [7, 11) is 1.64. The SMILES string of the molecule is COCCOc1ccc(C(=O)C2CC3CCC(C2)O3)cc1. The van der Waals surface area contributed by atoms with E-state index in [1.165, 1.54) is 0 Å². The van der Waals surface area contributed by atoms with Crippen LogP contribution in [0.3, 0.4) is 0 Å². The molecule has 2 aliphatic rings. The highest BCUT2D eigenvalue weighted by Crippen LogP contribution is 2.37. The van der Waals surface area contributed by atoms with Crippen LogP contribution in [0.2, 0.25) is 0 Å². The second kappa shape index (κ2) is 6.58. The molecular formula is C17H22O4. The Kier molecular flexibility index (Phi) is 4.56. The minimum atomic E-state index is 0.122. The van der Waals surface area contributed by atoms with Gasteiger partial charge in [-0.2, -0.15) is 0 Å². The smallest absolute Gasteiger partial charge is 0.166 e. The van der Waals surface area contributed by atoms with E-state index in [1.807, 2.05) is 24.3 Å². The molecule has 0 radical (unpaired) electrons. The molecule has 2 heterocycles. The number of hydrogen-bond donors (Lipinski definition) is 0. The molecule has 114 valence electrons.